The number of pyridine rings is 2. The summed E-state index contributed by atoms with van der Waals surface area (Å²) >= 11 is 4.03. The van der Waals surface area contributed by atoms with Gasteiger partial charge >= 0.3 is 5.97 Å². The molecule has 1 aromatic carbocycles. The molecular formula is C24H20N4O4S3. The molecule has 0 atom stereocenters. The van der Waals surface area contributed by atoms with Crippen molar-refractivity contribution in [1.29, 1.82) is 0 Å². The van der Waals surface area contributed by atoms with Gasteiger partial charge in [-0.05, 0) is 55.0 Å². The SMILES string of the molecule is COc1ccc(Sc2ccc(Sc3ccccn3)nc2C(=O)Nc2ncc(CCC(=O)O)s2)cc1. The Kier molecular flexibility index (Phi) is 8.35. The van der Waals surface area contributed by atoms with Crippen molar-refractivity contribution in [3.05, 3.63) is 77.6 Å². The maximum Gasteiger partial charge on any atom is 0.303 e. The van der Waals surface area contributed by atoms with E-state index >= 15 is 0 Å². The molecule has 0 spiro atoms. The predicted octanol–water partition coefficient (Wildman–Crippen LogP) is 5.51. The fourth-order valence-corrected chi connectivity index (χ4v) is 5.33. The zero-order chi connectivity index (χ0) is 24.6. The van der Waals surface area contributed by atoms with Gasteiger partial charge in [-0.15, -0.1) is 11.3 Å². The van der Waals surface area contributed by atoms with Gasteiger partial charge in [-0.1, -0.05) is 29.6 Å². The summed E-state index contributed by atoms with van der Waals surface area (Å²) in [6.45, 7) is 0. The number of amides is 1. The summed E-state index contributed by atoms with van der Waals surface area (Å²) in [5, 5.41) is 13.5. The number of carbonyl (C=O) groups is 2. The molecule has 11 heteroatoms. The van der Waals surface area contributed by atoms with Crippen LogP contribution in [0.1, 0.15) is 21.8 Å². The van der Waals surface area contributed by atoms with Crippen molar-refractivity contribution >= 4 is 51.9 Å². The Labute approximate surface area is 214 Å². The molecule has 1 amide bonds. The summed E-state index contributed by atoms with van der Waals surface area (Å²) < 4.78 is 5.22. The second kappa shape index (κ2) is 11.8. The molecule has 0 aliphatic carbocycles. The van der Waals surface area contributed by atoms with E-state index in [1.165, 1.54) is 34.9 Å². The maximum atomic E-state index is 13.2. The number of ether oxygens (including phenoxy) is 1. The molecule has 0 radical (unpaired) electrons. The summed E-state index contributed by atoms with van der Waals surface area (Å²) in [6, 6.07) is 16.9. The number of hydrogen-bond donors (Lipinski definition) is 2. The van der Waals surface area contributed by atoms with Crippen molar-refractivity contribution in [2.24, 2.45) is 0 Å². The summed E-state index contributed by atoms with van der Waals surface area (Å²) in [7, 11) is 1.61. The average Bonchev–Trinajstić information content (AvgIpc) is 3.32. The highest BCUT2D eigenvalue weighted by Gasteiger charge is 2.18. The van der Waals surface area contributed by atoms with Crippen molar-refractivity contribution < 1.29 is 19.4 Å². The average molecular weight is 525 g/mol. The molecule has 0 bridgehead atoms. The lowest BCUT2D eigenvalue weighted by Gasteiger charge is -2.10. The van der Waals surface area contributed by atoms with Crippen LogP contribution >= 0.6 is 34.9 Å². The lowest BCUT2D eigenvalue weighted by molar-refractivity contribution is -0.136. The summed E-state index contributed by atoms with van der Waals surface area (Å²) in [5.74, 6) is -0.533. The highest BCUT2D eigenvalue weighted by molar-refractivity contribution is 7.99. The van der Waals surface area contributed by atoms with Crippen LogP contribution < -0.4 is 10.1 Å². The zero-order valence-corrected chi connectivity index (χ0v) is 21.0. The van der Waals surface area contributed by atoms with Crippen LogP contribution in [-0.4, -0.2) is 39.0 Å². The van der Waals surface area contributed by atoms with E-state index in [0.717, 1.165) is 20.5 Å². The Bertz CT molecular complexity index is 1310. The summed E-state index contributed by atoms with van der Waals surface area (Å²) in [6.07, 6.45) is 3.65. The topological polar surface area (TPSA) is 114 Å². The van der Waals surface area contributed by atoms with Crippen molar-refractivity contribution in [3.8, 4) is 5.75 Å². The van der Waals surface area contributed by atoms with Crippen LogP contribution in [0.2, 0.25) is 0 Å². The van der Waals surface area contributed by atoms with Crippen LogP contribution in [0.3, 0.4) is 0 Å². The largest absolute Gasteiger partial charge is 0.497 e. The molecule has 178 valence electrons. The number of carboxylic acids is 1. The number of aromatic nitrogens is 3. The smallest absolute Gasteiger partial charge is 0.303 e. The van der Waals surface area contributed by atoms with E-state index in [0.29, 0.717) is 21.5 Å². The molecule has 3 aromatic heterocycles. The normalized spacial score (nSPS) is 10.7. The Morgan fingerprint density at radius 2 is 1.86 bits per heavy atom. The number of carbonyl (C=O) groups excluding carboxylic acids is 1. The number of aryl methyl sites for hydroxylation is 1. The molecular weight excluding hydrogens is 504 g/mol. The van der Waals surface area contributed by atoms with Crippen LogP contribution in [0.5, 0.6) is 5.75 Å². The minimum Gasteiger partial charge on any atom is -0.497 e. The first-order chi connectivity index (χ1) is 17.0. The van der Waals surface area contributed by atoms with Gasteiger partial charge in [0.1, 0.15) is 21.5 Å². The molecule has 0 aliphatic rings. The zero-order valence-electron chi connectivity index (χ0n) is 18.5. The van der Waals surface area contributed by atoms with E-state index in [1.54, 1.807) is 19.5 Å². The molecule has 0 fully saturated rings. The molecule has 0 saturated heterocycles. The summed E-state index contributed by atoms with van der Waals surface area (Å²) in [5.41, 5.74) is 0.258. The Hall–Kier alpha value is -3.41. The number of carboxylic acid groups (broad SMARTS) is 1. The molecule has 0 aliphatic heterocycles. The van der Waals surface area contributed by atoms with Crippen LogP contribution in [0.4, 0.5) is 5.13 Å². The van der Waals surface area contributed by atoms with Gasteiger partial charge in [-0.2, -0.15) is 0 Å². The number of thiazole rings is 1. The minimum atomic E-state index is -0.879. The first-order valence-corrected chi connectivity index (χ1v) is 12.8. The van der Waals surface area contributed by atoms with Gasteiger partial charge in [0.2, 0.25) is 0 Å². The first-order valence-electron chi connectivity index (χ1n) is 10.4. The van der Waals surface area contributed by atoms with Crippen molar-refractivity contribution in [2.45, 2.75) is 32.7 Å². The Balaban J connectivity index is 1.58. The van der Waals surface area contributed by atoms with E-state index in [1.807, 2.05) is 54.6 Å². The number of methoxy groups -OCH3 is 1. The molecule has 8 nitrogen and oxygen atoms in total. The predicted molar refractivity (Wildman–Crippen MR) is 136 cm³/mol. The number of nitrogens with one attached hydrogen (secondary N) is 1. The van der Waals surface area contributed by atoms with E-state index in [9.17, 15) is 9.59 Å². The van der Waals surface area contributed by atoms with E-state index < -0.39 is 11.9 Å². The molecule has 4 aromatic rings. The minimum absolute atomic E-state index is 0.00652. The molecule has 0 unspecified atom stereocenters. The van der Waals surface area contributed by atoms with E-state index in [2.05, 4.69) is 20.3 Å². The van der Waals surface area contributed by atoms with Gasteiger partial charge in [-0.25, -0.2) is 15.0 Å². The number of anilines is 1. The van der Waals surface area contributed by atoms with Gasteiger partial charge in [0, 0.05) is 27.1 Å². The second-order valence-corrected chi connectivity index (χ2v) is 10.3. The quantitative estimate of drug-likeness (QED) is 0.277. The van der Waals surface area contributed by atoms with Gasteiger partial charge in [-0.3, -0.25) is 14.9 Å². The molecule has 2 N–H and O–H groups in total. The standard InChI is InChI=1S/C24H20N4O4S3/c1-32-15-5-7-16(8-6-15)33-18-10-11-20(35-19-4-2-3-13-25-19)27-22(18)23(31)28-24-26-14-17(34-24)9-12-21(29)30/h2-8,10-11,13-14H,9,12H2,1H3,(H,29,30)(H,26,28,31). The third-order valence-electron chi connectivity index (χ3n) is 4.54. The van der Waals surface area contributed by atoms with E-state index in [4.69, 9.17) is 9.84 Å². The number of hydrogen-bond acceptors (Lipinski definition) is 9. The lowest BCUT2D eigenvalue weighted by atomic mass is 10.3. The highest BCUT2D eigenvalue weighted by atomic mass is 32.2. The third kappa shape index (κ3) is 7.04. The fraction of sp³-hybridized carbons (Fsp3) is 0.125. The van der Waals surface area contributed by atoms with Gasteiger partial charge in [0.05, 0.1) is 13.5 Å². The van der Waals surface area contributed by atoms with E-state index in [-0.39, 0.29) is 12.1 Å². The summed E-state index contributed by atoms with van der Waals surface area (Å²) in [4.78, 5) is 39.6. The van der Waals surface area contributed by atoms with Crippen LogP contribution in [0.25, 0.3) is 0 Å². The van der Waals surface area contributed by atoms with Crippen molar-refractivity contribution in [2.75, 3.05) is 12.4 Å². The van der Waals surface area contributed by atoms with Crippen LogP contribution in [0.15, 0.2) is 86.8 Å². The van der Waals surface area contributed by atoms with Crippen molar-refractivity contribution in [1.82, 2.24) is 15.0 Å². The molecule has 4 rings (SSSR count). The number of nitrogens with zero attached hydrogens (tertiary/aromatic N) is 3. The number of benzene rings is 1. The van der Waals surface area contributed by atoms with Gasteiger partial charge in [0.25, 0.3) is 5.91 Å². The first kappa shape index (κ1) is 24.7. The number of aliphatic carboxylic acids is 1. The third-order valence-corrected chi connectivity index (χ3v) is 7.46. The molecule has 3 heterocycles. The Morgan fingerprint density at radius 3 is 2.57 bits per heavy atom. The second-order valence-electron chi connectivity index (χ2n) is 7.02. The van der Waals surface area contributed by atoms with Crippen LogP contribution in [0, 0.1) is 0 Å². The van der Waals surface area contributed by atoms with Crippen LogP contribution in [-0.2, 0) is 11.2 Å². The molecule has 35 heavy (non-hydrogen) atoms. The maximum absolute atomic E-state index is 13.2. The van der Waals surface area contributed by atoms with Gasteiger partial charge < -0.3 is 9.84 Å². The highest BCUT2D eigenvalue weighted by Crippen LogP contribution is 2.34. The van der Waals surface area contributed by atoms with Gasteiger partial charge in [0.15, 0.2) is 5.13 Å². The lowest BCUT2D eigenvalue weighted by Crippen LogP contribution is -2.15. The number of rotatable bonds is 10. The fourth-order valence-electron chi connectivity index (χ4n) is 2.88. The Morgan fingerprint density at radius 1 is 1.03 bits per heavy atom. The van der Waals surface area contributed by atoms with Crippen molar-refractivity contribution in [3.63, 3.8) is 0 Å². The molecule has 0 saturated carbocycles. The monoisotopic (exact) mass is 524 g/mol.